The molecule has 4 N–H and O–H groups in total. The predicted molar refractivity (Wildman–Crippen MR) is 80.5 cm³/mol. The Morgan fingerprint density at radius 1 is 1.21 bits per heavy atom. The van der Waals surface area contributed by atoms with Crippen LogP contribution in [0.2, 0.25) is 0 Å². The molecule has 19 heavy (non-hydrogen) atoms. The average molecular weight is 281 g/mol. The Hall–Kier alpha value is -1.69. The van der Waals surface area contributed by atoms with E-state index in [1.165, 1.54) is 0 Å². The van der Waals surface area contributed by atoms with Crippen molar-refractivity contribution in [1.82, 2.24) is 0 Å². The number of nitrogens with one attached hydrogen (secondary N) is 2. The van der Waals surface area contributed by atoms with Gasteiger partial charge in [0, 0.05) is 16.1 Å². The van der Waals surface area contributed by atoms with E-state index < -0.39 is 6.03 Å². The van der Waals surface area contributed by atoms with Crippen LogP contribution in [0.5, 0.6) is 0 Å². The van der Waals surface area contributed by atoms with Gasteiger partial charge in [0.15, 0.2) is 0 Å². The Bertz CT molecular complexity index is 469. The van der Waals surface area contributed by atoms with Crippen LogP contribution < -0.4 is 16.4 Å². The monoisotopic (exact) mass is 281 g/mol. The number of benzene rings is 1. The van der Waals surface area contributed by atoms with Gasteiger partial charge in [0.1, 0.15) is 0 Å². The highest BCUT2D eigenvalue weighted by Gasteiger charge is 2.13. The fourth-order valence-corrected chi connectivity index (χ4v) is 1.93. The van der Waals surface area contributed by atoms with Crippen LogP contribution in [0.4, 0.5) is 16.2 Å². The van der Waals surface area contributed by atoms with Gasteiger partial charge < -0.3 is 16.4 Å². The number of amides is 3. The van der Waals surface area contributed by atoms with Crippen LogP contribution in [-0.4, -0.2) is 22.4 Å². The molecule has 0 aliphatic heterocycles. The summed E-state index contributed by atoms with van der Waals surface area (Å²) in [4.78, 5) is 22.5. The topological polar surface area (TPSA) is 84.2 Å². The van der Waals surface area contributed by atoms with Gasteiger partial charge in [0.05, 0.1) is 5.75 Å². The number of hydrogen-bond acceptors (Lipinski definition) is 3. The highest BCUT2D eigenvalue weighted by molar-refractivity contribution is 8.01. The third kappa shape index (κ3) is 6.71. The fourth-order valence-electron chi connectivity index (χ4n) is 1.30. The van der Waals surface area contributed by atoms with Crippen molar-refractivity contribution in [2.45, 2.75) is 25.5 Å². The molecule has 1 aromatic rings. The molecule has 3 amide bonds. The van der Waals surface area contributed by atoms with Gasteiger partial charge in [0.25, 0.3) is 0 Å². The molecule has 1 aromatic carbocycles. The number of carbonyl (C=O) groups is 2. The quantitative estimate of drug-likeness (QED) is 0.793. The highest BCUT2D eigenvalue weighted by Crippen LogP contribution is 2.23. The van der Waals surface area contributed by atoms with Crippen LogP contribution in [0.25, 0.3) is 0 Å². The average Bonchev–Trinajstić information content (AvgIpc) is 2.25. The normalized spacial score (nSPS) is 10.9. The third-order valence-electron chi connectivity index (χ3n) is 2.05. The van der Waals surface area contributed by atoms with Crippen molar-refractivity contribution >= 4 is 35.1 Å². The molecule has 0 aliphatic carbocycles. The molecule has 0 saturated heterocycles. The van der Waals surface area contributed by atoms with Crippen LogP contribution in [0.1, 0.15) is 20.8 Å². The van der Waals surface area contributed by atoms with Gasteiger partial charge in [-0.25, -0.2) is 4.79 Å². The lowest BCUT2D eigenvalue weighted by Crippen LogP contribution is -2.20. The van der Waals surface area contributed by atoms with Crippen molar-refractivity contribution in [1.29, 1.82) is 0 Å². The van der Waals surface area contributed by atoms with Gasteiger partial charge in [-0.05, 0) is 18.2 Å². The fraction of sp³-hybridized carbons (Fsp3) is 0.385. The van der Waals surface area contributed by atoms with Gasteiger partial charge in [-0.1, -0.05) is 26.8 Å². The zero-order valence-corrected chi connectivity index (χ0v) is 12.1. The molecule has 104 valence electrons. The molecule has 0 spiro atoms. The lowest BCUT2D eigenvalue weighted by molar-refractivity contribution is -0.113. The number of anilines is 2. The summed E-state index contributed by atoms with van der Waals surface area (Å²) in [6.07, 6.45) is 0. The van der Waals surface area contributed by atoms with Crippen molar-refractivity contribution in [2.24, 2.45) is 5.73 Å². The predicted octanol–water partition coefficient (Wildman–Crippen LogP) is 2.65. The van der Waals surface area contributed by atoms with E-state index in [0.29, 0.717) is 17.1 Å². The van der Waals surface area contributed by atoms with E-state index in [1.54, 1.807) is 36.0 Å². The molecule has 0 bridgehead atoms. The number of rotatable bonds is 4. The summed E-state index contributed by atoms with van der Waals surface area (Å²) in [5.74, 6) is 0.313. The summed E-state index contributed by atoms with van der Waals surface area (Å²) in [6, 6.07) is 6.21. The Morgan fingerprint density at radius 2 is 1.79 bits per heavy atom. The number of carbonyl (C=O) groups excluding carboxylic acids is 2. The first-order valence-corrected chi connectivity index (χ1v) is 6.85. The Kier molecular flexibility index (Phi) is 5.23. The standard InChI is InChI=1S/C13H19N3O2S/c1-13(2,3)19-8-11(17)15-9-5-4-6-10(7-9)16-12(14)18/h4-7H,8H2,1-3H3,(H,15,17)(H3,14,16,18). The molecule has 5 nitrogen and oxygen atoms in total. The number of hydrogen-bond donors (Lipinski definition) is 3. The van der Waals surface area contributed by atoms with E-state index in [1.807, 2.05) is 0 Å². The number of primary amides is 1. The van der Waals surface area contributed by atoms with Crippen LogP contribution >= 0.6 is 11.8 Å². The highest BCUT2D eigenvalue weighted by atomic mass is 32.2. The van der Waals surface area contributed by atoms with Crippen molar-refractivity contribution in [3.63, 3.8) is 0 Å². The minimum absolute atomic E-state index is 0.0483. The molecule has 0 saturated carbocycles. The molecule has 0 radical (unpaired) electrons. The van der Waals surface area contributed by atoms with Crippen molar-refractivity contribution in [2.75, 3.05) is 16.4 Å². The summed E-state index contributed by atoms with van der Waals surface area (Å²) in [6.45, 7) is 6.17. The second kappa shape index (κ2) is 6.47. The van der Waals surface area contributed by atoms with Crippen LogP contribution in [-0.2, 0) is 4.79 Å². The van der Waals surface area contributed by atoms with Gasteiger partial charge >= 0.3 is 6.03 Å². The van der Waals surface area contributed by atoms with Gasteiger partial charge in [-0.2, -0.15) is 0 Å². The van der Waals surface area contributed by atoms with E-state index in [2.05, 4.69) is 31.4 Å². The zero-order chi connectivity index (χ0) is 14.5. The van der Waals surface area contributed by atoms with Gasteiger partial charge in [-0.15, -0.1) is 11.8 Å². The van der Waals surface area contributed by atoms with Crippen molar-refractivity contribution in [3.05, 3.63) is 24.3 Å². The van der Waals surface area contributed by atoms with Crippen molar-refractivity contribution < 1.29 is 9.59 Å². The Balaban J connectivity index is 2.57. The van der Waals surface area contributed by atoms with Crippen LogP contribution in [0.15, 0.2) is 24.3 Å². The summed E-state index contributed by atoms with van der Waals surface area (Å²) in [5, 5.41) is 5.23. The summed E-state index contributed by atoms with van der Waals surface area (Å²) in [5.41, 5.74) is 6.21. The molecule has 0 heterocycles. The maximum atomic E-state index is 11.7. The molecule has 0 fully saturated rings. The number of urea groups is 1. The second-order valence-electron chi connectivity index (χ2n) is 5.02. The van der Waals surface area contributed by atoms with E-state index in [0.717, 1.165) is 0 Å². The van der Waals surface area contributed by atoms with Crippen molar-refractivity contribution in [3.8, 4) is 0 Å². The lowest BCUT2D eigenvalue weighted by atomic mass is 10.2. The van der Waals surface area contributed by atoms with Gasteiger partial charge in [-0.3, -0.25) is 4.79 Å². The van der Waals surface area contributed by atoms with E-state index in [-0.39, 0.29) is 10.7 Å². The molecule has 1 rings (SSSR count). The molecule has 0 unspecified atom stereocenters. The minimum atomic E-state index is -0.633. The maximum absolute atomic E-state index is 11.7. The number of nitrogens with two attached hydrogens (primary N) is 1. The van der Waals surface area contributed by atoms with Crippen LogP contribution in [0.3, 0.4) is 0 Å². The third-order valence-corrected chi connectivity index (χ3v) is 3.32. The lowest BCUT2D eigenvalue weighted by Gasteiger charge is -2.17. The van der Waals surface area contributed by atoms with Crippen LogP contribution in [0, 0.1) is 0 Å². The van der Waals surface area contributed by atoms with E-state index >= 15 is 0 Å². The van der Waals surface area contributed by atoms with E-state index in [9.17, 15) is 9.59 Å². The largest absolute Gasteiger partial charge is 0.351 e. The minimum Gasteiger partial charge on any atom is -0.351 e. The first-order valence-electron chi connectivity index (χ1n) is 5.86. The smallest absolute Gasteiger partial charge is 0.316 e. The SMILES string of the molecule is CC(C)(C)SCC(=O)Nc1cccc(NC(N)=O)c1. The Morgan fingerprint density at radius 3 is 2.32 bits per heavy atom. The molecule has 0 aliphatic rings. The summed E-state index contributed by atoms with van der Waals surface area (Å²) < 4.78 is 0.0483. The molecular formula is C13H19N3O2S. The molecule has 6 heteroatoms. The number of thioether (sulfide) groups is 1. The zero-order valence-electron chi connectivity index (χ0n) is 11.3. The van der Waals surface area contributed by atoms with Gasteiger partial charge in [0.2, 0.25) is 5.91 Å². The molecular weight excluding hydrogens is 262 g/mol. The second-order valence-corrected chi connectivity index (χ2v) is 6.82. The summed E-state index contributed by atoms with van der Waals surface area (Å²) >= 11 is 1.57. The van der Waals surface area contributed by atoms with E-state index in [4.69, 9.17) is 5.73 Å². The Labute approximate surface area is 117 Å². The molecule has 0 aromatic heterocycles. The molecule has 0 atom stereocenters. The first-order chi connectivity index (χ1) is 8.76. The summed E-state index contributed by atoms with van der Waals surface area (Å²) in [7, 11) is 0. The maximum Gasteiger partial charge on any atom is 0.316 e. The first kappa shape index (κ1) is 15.4.